The molecule has 0 saturated carbocycles. The van der Waals surface area contributed by atoms with Gasteiger partial charge in [-0.2, -0.15) is 0 Å². The van der Waals surface area contributed by atoms with Crippen LogP contribution in [-0.2, 0) is 4.79 Å². The Hall–Kier alpha value is -1.43. The van der Waals surface area contributed by atoms with Gasteiger partial charge in [0.1, 0.15) is 0 Å². The number of carbonyl (C=O) groups excluding carboxylic acids is 1. The van der Waals surface area contributed by atoms with E-state index in [2.05, 4.69) is 4.90 Å². The number of benzene rings is 1. The molecule has 1 unspecified atom stereocenters. The first kappa shape index (κ1) is 16.9. The quantitative estimate of drug-likeness (QED) is 0.846. The van der Waals surface area contributed by atoms with E-state index in [1.54, 1.807) is 0 Å². The Bertz CT molecular complexity index is 470. The highest BCUT2D eigenvalue weighted by Gasteiger charge is 2.27. The zero-order valence-electron chi connectivity index (χ0n) is 13.5. The molecule has 0 spiro atoms. The van der Waals surface area contributed by atoms with E-state index in [-0.39, 0.29) is 11.8 Å². The van der Waals surface area contributed by atoms with Gasteiger partial charge in [-0.25, -0.2) is 0 Å². The van der Waals surface area contributed by atoms with Crippen LogP contribution in [0.2, 0.25) is 0 Å². The first-order chi connectivity index (χ1) is 10.5. The molecule has 22 heavy (non-hydrogen) atoms. The molecular formula is C17H27N3O2. The molecule has 1 aromatic rings. The molecule has 0 aliphatic carbocycles. The van der Waals surface area contributed by atoms with Crippen molar-refractivity contribution in [3.05, 3.63) is 35.9 Å². The van der Waals surface area contributed by atoms with Gasteiger partial charge in [-0.3, -0.25) is 9.69 Å². The van der Waals surface area contributed by atoms with Crippen LogP contribution in [0.15, 0.2) is 30.3 Å². The van der Waals surface area contributed by atoms with Crippen LogP contribution in [-0.4, -0.2) is 59.6 Å². The molecule has 0 bridgehead atoms. The molecule has 0 radical (unpaired) electrons. The Morgan fingerprint density at radius 1 is 1.18 bits per heavy atom. The molecule has 1 aliphatic heterocycles. The molecule has 122 valence electrons. The molecule has 2 rings (SSSR count). The average molecular weight is 305 g/mol. The number of hydrogen-bond acceptors (Lipinski definition) is 4. The summed E-state index contributed by atoms with van der Waals surface area (Å²) in [6, 6.07) is 9.27. The zero-order chi connectivity index (χ0) is 16.1. The van der Waals surface area contributed by atoms with Crippen molar-refractivity contribution in [2.75, 3.05) is 32.7 Å². The molecule has 5 heteroatoms. The number of rotatable bonds is 5. The van der Waals surface area contributed by atoms with E-state index in [1.807, 2.05) is 49.1 Å². The summed E-state index contributed by atoms with van der Waals surface area (Å²) in [6.07, 6.45) is -0.485. The van der Waals surface area contributed by atoms with Crippen LogP contribution < -0.4 is 5.73 Å². The Morgan fingerprint density at radius 2 is 1.77 bits per heavy atom. The van der Waals surface area contributed by atoms with Crippen molar-refractivity contribution in [2.45, 2.75) is 26.0 Å². The van der Waals surface area contributed by atoms with Crippen molar-refractivity contribution in [2.24, 2.45) is 11.7 Å². The van der Waals surface area contributed by atoms with E-state index in [1.165, 1.54) is 0 Å². The first-order valence-corrected chi connectivity index (χ1v) is 7.98. The third-order valence-corrected chi connectivity index (χ3v) is 4.30. The van der Waals surface area contributed by atoms with Gasteiger partial charge < -0.3 is 15.7 Å². The smallest absolute Gasteiger partial charge is 0.239 e. The van der Waals surface area contributed by atoms with Crippen molar-refractivity contribution in [1.29, 1.82) is 0 Å². The van der Waals surface area contributed by atoms with E-state index in [4.69, 9.17) is 5.73 Å². The van der Waals surface area contributed by atoms with Crippen molar-refractivity contribution < 1.29 is 9.90 Å². The minimum atomic E-state index is -0.485. The van der Waals surface area contributed by atoms with E-state index in [0.717, 1.165) is 18.7 Å². The molecule has 1 aromatic carbocycles. The van der Waals surface area contributed by atoms with Gasteiger partial charge in [-0.1, -0.05) is 44.2 Å². The van der Waals surface area contributed by atoms with Gasteiger partial charge in [0.2, 0.25) is 5.91 Å². The lowest BCUT2D eigenvalue weighted by atomic mass is 10.0. The summed E-state index contributed by atoms with van der Waals surface area (Å²) >= 11 is 0. The second-order valence-corrected chi connectivity index (χ2v) is 6.32. The van der Waals surface area contributed by atoms with E-state index in [9.17, 15) is 9.90 Å². The molecule has 1 aliphatic rings. The third kappa shape index (κ3) is 4.29. The van der Waals surface area contributed by atoms with Gasteiger partial charge in [0, 0.05) is 32.7 Å². The zero-order valence-corrected chi connectivity index (χ0v) is 13.5. The number of amides is 1. The second-order valence-electron chi connectivity index (χ2n) is 6.32. The number of aliphatic hydroxyl groups is 1. The van der Waals surface area contributed by atoms with E-state index in [0.29, 0.717) is 19.6 Å². The van der Waals surface area contributed by atoms with Gasteiger partial charge in [-0.05, 0) is 11.5 Å². The second kappa shape index (κ2) is 7.72. The average Bonchev–Trinajstić information content (AvgIpc) is 2.55. The highest BCUT2D eigenvalue weighted by molar-refractivity contribution is 5.82. The number of β-amino-alcohol motifs (C(OH)–C–C–N with tert-alkyl or cyclic N) is 1. The van der Waals surface area contributed by atoms with Crippen LogP contribution in [0.25, 0.3) is 0 Å². The molecule has 2 atom stereocenters. The van der Waals surface area contributed by atoms with Crippen LogP contribution >= 0.6 is 0 Å². The predicted octanol–water partition coefficient (Wildman–Crippen LogP) is 0.848. The number of hydrogen-bond donors (Lipinski definition) is 2. The maximum absolute atomic E-state index is 12.2. The summed E-state index contributed by atoms with van der Waals surface area (Å²) in [5.74, 6) is 0.198. The van der Waals surface area contributed by atoms with Crippen LogP contribution in [0.1, 0.15) is 25.5 Å². The maximum atomic E-state index is 12.2. The fourth-order valence-corrected chi connectivity index (χ4v) is 2.67. The Balaban J connectivity index is 1.81. The third-order valence-electron chi connectivity index (χ3n) is 4.30. The SMILES string of the molecule is CC(C)[C@H](N)C(=O)N1CCN(CC(O)c2ccccc2)CC1. The topological polar surface area (TPSA) is 69.8 Å². The van der Waals surface area contributed by atoms with Crippen molar-refractivity contribution in [3.63, 3.8) is 0 Å². The summed E-state index contributed by atoms with van der Waals surface area (Å²) < 4.78 is 0. The molecular weight excluding hydrogens is 278 g/mol. The number of piperazine rings is 1. The van der Waals surface area contributed by atoms with Crippen LogP contribution in [0.5, 0.6) is 0 Å². The summed E-state index contributed by atoms with van der Waals surface area (Å²) in [7, 11) is 0. The van der Waals surface area contributed by atoms with Crippen LogP contribution in [0, 0.1) is 5.92 Å². The Labute approximate surface area is 132 Å². The first-order valence-electron chi connectivity index (χ1n) is 7.98. The Morgan fingerprint density at radius 3 is 2.32 bits per heavy atom. The minimum Gasteiger partial charge on any atom is -0.387 e. The fraction of sp³-hybridized carbons (Fsp3) is 0.588. The number of nitrogens with two attached hydrogens (primary N) is 1. The summed E-state index contributed by atoms with van der Waals surface area (Å²) in [5, 5.41) is 10.3. The lowest BCUT2D eigenvalue weighted by molar-refractivity contribution is -0.135. The van der Waals surface area contributed by atoms with Gasteiger partial charge in [-0.15, -0.1) is 0 Å². The van der Waals surface area contributed by atoms with Gasteiger partial charge >= 0.3 is 0 Å². The lowest BCUT2D eigenvalue weighted by Gasteiger charge is -2.37. The molecule has 1 heterocycles. The molecule has 0 aromatic heterocycles. The lowest BCUT2D eigenvalue weighted by Crippen LogP contribution is -2.54. The summed E-state index contributed by atoms with van der Waals surface area (Å²) in [4.78, 5) is 16.3. The summed E-state index contributed by atoms with van der Waals surface area (Å²) in [5.41, 5.74) is 6.87. The molecule has 1 fully saturated rings. The maximum Gasteiger partial charge on any atom is 0.239 e. The van der Waals surface area contributed by atoms with Gasteiger partial charge in [0.15, 0.2) is 0 Å². The summed E-state index contributed by atoms with van der Waals surface area (Å²) in [6.45, 7) is 7.45. The largest absolute Gasteiger partial charge is 0.387 e. The van der Waals surface area contributed by atoms with Crippen LogP contribution in [0.4, 0.5) is 0 Å². The highest BCUT2D eigenvalue weighted by atomic mass is 16.3. The minimum absolute atomic E-state index is 0.0401. The molecule has 1 saturated heterocycles. The molecule has 5 nitrogen and oxygen atoms in total. The van der Waals surface area contributed by atoms with Crippen molar-refractivity contribution in [3.8, 4) is 0 Å². The highest BCUT2D eigenvalue weighted by Crippen LogP contribution is 2.15. The fourth-order valence-electron chi connectivity index (χ4n) is 2.67. The number of nitrogens with zero attached hydrogens (tertiary/aromatic N) is 2. The molecule has 1 amide bonds. The van der Waals surface area contributed by atoms with Crippen molar-refractivity contribution in [1.82, 2.24) is 9.80 Å². The normalized spacial score (nSPS) is 19.2. The number of carbonyl (C=O) groups is 1. The van der Waals surface area contributed by atoms with Crippen LogP contribution in [0.3, 0.4) is 0 Å². The van der Waals surface area contributed by atoms with E-state index < -0.39 is 12.1 Å². The standard InChI is InChI=1S/C17H27N3O2/c1-13(2)16(18)17(22)20-10-8-19(9-11-20)12-15(21)14-6-4-3-5-7-14/h3-7,13,15-16,21H,8-12,18H2,1-2H3/t15?,16-/m0/s1. The van der Waals surface area contributed by atoms with E-state index >= 15 is 0 Å². The molecule has 3 N–H and O–H groups in total. The van der Waals surface area contributed by atoms with Crippen molar-refractivity contribution >= 4 is 5.91 Å². The van der Waals surface area contributed by atoms with Gasteiger partial charge in [0.25, 0.3) is 0 Å². The van der Waals surface area contributed by atoms with Gasteiger partial charge in [0.05, 0.1) is 12.1 Å². The monoisotopic (exact) mass is 305 g/mol. The predicted molar refractivity (Wildman–Crippen MR) is 87.2 cm³/mol. The Kier molecular flexibility index (Phi) is 5.94. The number of aliphatic hydroxyl groups excluding tert-OH is 1.